The van der Waals surface area contributed by atoms with Crippen LogP contribution in [-0.4, -0.2) is 29.5 Å². The Bertz CT molecular complexity index is 624. The number of nitrogens with two attached hydrogens (primary N) is 1. The molecule has 2 rings (SSSR count). The molecule has 1 amide bonds. The molecule has 6 nitrogen and oxygen atoms in total. The third-order valence-corrected chi connectivity index (χ3v) is 2.48. The van der Waals surface area contributed by atoms with Crippen LogP contribution in [0.4, 0.5) is 5.69 Å². The third kappa shape index (κ3) is 2.01. The summed E-state index contributed by atoms with van der Waals surface area (Å²) in [5.41, 5.74) is 7.12. The highest BCUT2D eigenvalue weighted by Gasteiger charge is 2.13. The first-order valence-corrected chi connectivity index (χ1v) is 5.08. The van der Waals surface area contributed by atoms with E-state index in [1.165, 1.54) is 9.47 Å². The summed E-state index contributed by atoms with van der Waals surface area (Å²) >= 11 is 0. The number of anilines is 1. The van der Waals surface area contributed by atoms with Crippen molar-refractivity contribution in [3.05, 3.63) is 28.7 Å². The first kappa shape index (κ1) is 11.3. The van der Waals surface area contributed by atoms with E-state index in [9.17, 15) is 9.59 Å². The molecule has 90 valence electrons. The van der Waals surface area contributed by atoms with E-state index in [2.05, 4.69) is 0 Å². The maximum atomic E-state index is 11.6. The molecule has 0 bridgehead atoms. The van der Waals surface area contributed by atoms with Gasteiger partial charge in [-0.3, -0.25) is 9.36 Å². The third-order valence-electron chi connectivity index (χ3n) is 2.48. The van der Waals surface area contributed by atoms with E-state index in [4.69, 9.17) is 10.2 Å². The van der Waals surface area contributed by atoms with Crippen LogP contribution in [0.5, 0.6) is 0 Å². The summed E-state index contributed by atoms with van der Waals surface area (Å²) < 4.78 is 6.29. The lowest BCUT2D eigenvalue weighted by Crippen LogP contribution is -2.29. The number of oxazole rings is 1. The van der Waals surface area contributed by atoms with E-state index >= 15 is 0 Å². The molecule has 0 spiro atoms. The molecule has 0 unspecified atom stereocenters. The number of hydrogen-bond acceptors (Lipinski definition) is 4. The van der Waals surface area contributed by atoms with Gasteiger partial charge in [0, 0.05) is 19.8 Å². The molecule has 2 aromatic rings. The van der Waals surface area contributed by atoms with Crippen molar-refractivity contribution >= 4 is 22.7 Å². The molecule has 1 aromatic heterocycles. The van der Waals surface area contributed by atoms with Crippen LogP contribution < -0.4 is 11.5 Å². The number of nitrogen functional groups attached to an aromatic ring is 1. The van der Waals surface area contributed by atoms with Crippen LogP contribution in [0.1, 0.15) is 0 Å². The summed E-state index contributed by atoms with van der Waals surface area (Å²) in [5, 5.41) is 0. The summed E-state index contributed by atoms with van der Waals surface area (Å²) in [6.45, 7) is -0.0533. The Hall–Kier alpha value is -2.24. The molecule has 0 radical (unpaired) electrons. The first-order valence-electron chi connectivity index (χ1n) is 5.08. The van der Waals surface area contributed by atoms with Crippen molar-refractivity contribution < 1.29 is 9.21 Å². The highest BCUT2D eigenvalue weighted by molar-refractivity contribution is 5.81. The minimum absolute atomic E-state index is 0.0533. The Kier molecular flexibility index (Phi) is 2.63. The summed E-state index contributed by atoms with van der Waals surface area (Å²) in [6.07, 6.45) is 0. The van der Waals surface area contributed by atoms with E-state index < -0.39 is 5.76 Å². The Morgan fingerprint density at radius 2 is 2.18 bits per heavy atom. The monoisotopic (exact) mass is 235 g/mol. The van der Waals surface area contributed by atoms with Gasteiger partial charge in [-0.1, -0.05) is 0 Å². The minimum Gasteiger partial charge on any atom is -0.408 e. The van der Waals surface area contributed by atoms with Gasteiger partial charge in [0.2, 0.25) is 5.91 Å². The molecule has 0 saturated carbocycles. The average molecular weight is 235 g/mol. The van der Waals surface area contributed by atoms with Gasteiger partial charge in [0.1, 0.15) is 6.54 Å². The number of hydrogen-bond donors (Lipinski definition) is 1. The zero-order valence-electron chi connectivity index (χ0n) is 9.64. The second-order valence-corrected chi connectivity index (χ2v) is 3.97. The molecule has 17 heavy (non-hydrogen) atoms. The van der Waals surface area contributed by atoms with Crippen molar-refractivity contribution in [1.29, 1.82) is 0 Å². The quantitative estimate of drug-likeness (QED) is 0.757. The largest absolute Gasteiger partial charge is 0.420 e. The second kappa shape index (κ2) is 3.97. The molecular formula is C11H13N3O3. The number of amides is 1. The average Bonchev–Trinajstić information content (AvgIpc) is 2.55. The normalized spacial score (nSPS) is 10.7. The first-order chi connectivity index (χ1) is 7.99. The Balaban J connectivity index is 2.53. The molecule has 0 fully saturated rings. The maximum Gasteiger partial charge on any atom is 0.420 e. The second-order valence-electron chi connectivity index (χ2n) is 3.97. The lowest BCUT2D eigenvalue weighted by molar-refractivity contribution is -0.129. The number of carbonyl (C=O) groups is 1. The minimum atomic E-state index is -0.555. The van der Waals surface area contributed by atoms with E-state index in [1.54, 1.807) is 32.3 Å². The SMILES string of the molecule is CN(C)C(=O)Cn1c(=O)oc2ccc(N)cc21. The van der Waals surface area contributed by atoms with Gasteiger partial charge in [0.25, 0.3) is 0 Å². The molecule has 0 aliphatic heterocycles. The smallest absolute Gasteiger partial charge is 0.408 e. The van der Waals surface area contributed by atoms with Gasteiger partial charge in [-0.25, -0.2) is 4.79 Å². The fourth-order valence-electron chi connectivity index (χ4n) is 1.51. The number of likely N-dealkylation sites (N-methyl/N-ethyl adjacent to an activating group) is 1. The fraction of sp³-hybridized carbons (Fsp3) is 0.273. The Labute approximate surface area is 97.2 Å². The van der Waals surface area contributed by atoms with Crippen LogP contribution in [0.15, 0.2) is 27.4 Å². The molecule has 0 atom stereocenters. The number of nitrogens with zero attached hydrogens (tertiary/aromatic N) is 2. The fourth-order valence-corrected chi connectivity index (χ4v) is 1.51. The molecule has 6 heteroatoms. The molecule has 0 aliphatic rings. The topological polar surface area (TPSA) is 81.5 Å². The number of aromatic nitrogens is 1. The van der Waals surface area contributed by atoms with Gasteiger partial charge in [0.15, 0.2) is 5.58 Å². The van der Waals surface area contributed by atoms with Crippen molar-refractivity contribution in [3.63, 3.8) is 0 Å². The van der Waals surface area contributed by atoms with Crippen LogP contribution in [0, 0.1) is 0 Å². The van der Waals surface area contributed by atoms with Crippen molar-refractivity contribution in [3.8, 4) is 0 Å². The highest BCUT2D eigenvalue weighted by Crippen LogP contribution is 2.16. The number of rotatable bonds is 2. The van der Waals surface area contributed by atoms with Gasteiger partial charge in [-0.15, -0.1) is 0 Å². The van der Waals surface area contributed by atoms with Crippen molar-refractivity contribution in [2.75, 3.05) is 19.8 Å². The molecule has 0 saturated heterocycles. The predicted octanol–water partition coefficient (Wildman–Crippen LogP) is 0.265. The maximum absolute atomic E-state index is 11.6. The molecule has 1 heterocycles. The van der Waals surface area contributed by atoms with Crippen LogP contribution >= 0.6 is 0 Å². The van der Waals surface area contributed by atoms with Crippen molar-refractivity contribution in [2.24, 2.45) is 0 Å². The van der Waals surface area contributed by atoms with Crippen LogP contribution in [0.3, 0.4) is 0 Å². The predicted molar refractivity (Wildman–Crippen MR) is 63.6 cm³/mol. The zero-order valence-corrected chi connectivity index (χ0v) is 9.64. The number of benzene rings is 1. The molecular weight excluding hydrogens is 222 g/mol. The summed E-state index contributed by atoms with van der Waals surface area (Å²) in [6, 6.07) is 4.87. The van der Waals surface area contributed by atoms with Crippen molar-refractivity contribution in [1.82, 2.24) is 9.47 Å². The van der Waals surface area contributed by atoms with E-state index in [1.807, 2.05) is 0 Å². The summed E-state index contributed by atoms with van der Waals surface area (Å²) in [5.74, 6) is -0.738. The van der Waals surface area contributed by atoms with Crippen molar-refractivity contribution in [2.45, 2.75) is 6.54 Å². The lowest BCUT2D eigenvalue weighted by Gasteiger charge is -2.09. The Morgan fingerprint density at radius 1 is 1.47 bits per heavy atom. The summed E-state index contributed by atoms with van der Waals surface area (Å²) in [7, 11) is 3.26. The van der Waals surface area contributed by atoms with Crippen LogP contribution in [0.2, 0.25) is 0 Å². The molecule has 2 N–H and O–H groups in total. The number of carbonyl (C=O) groups excluding carboxylic acids is 1. The zero-order chi connectivity index (χ0) is 12.6. The highest BCUT2D eigenvalue weighted by atomic mass is 16.4. The van der Waals surface area contributed by atoms with Gasteiger partial charge in [-0.05, 0) is 18.2 Å². The summed E-state index contributed by atoms with van der Waals surface area (Å²) in [4.78, 5) is 24.6. The van der Waals surface area contributed by atoms with Crippen LogP contribution in [0.25, 0.3) is 11.1 Å². The van der Waals surface area contributed by atoms with Gasteiger partial charge in [-0.2, -0.15) is 0 Å². The van der Waals surface area contributed by atoms with E-state index in [-0.39, 0.29) is 12.5 Å². The van der Waals surface area contributed by atoms with E-state index in [0.717, 1.165) is 0 Å². The van der Waals surface area contributed by atoms with Gasteiger partial charge >= 0.3 is 5.76 Å². The van der Waals surface area contributed by atoms with Gasteiger partial charge in [0.05, 0.1) is 5.52 Å². The Morgan fingerprint density at radius 3 is 2.82 bits per heavy atom. The lowest BCUT2D eigenvalue weighted by atomic mass is 10.3. The number of fused-ring (bicyclic) bond motifs is 1. The van der Waals surface area contributed by atoms with Crippen LogP contribution in [-0.2, 0) is 11.3 Å². The molecule has 1 aromatic carbocycles. The standard InChI is InChI=1S/C11H13N3O3/c1-13(2)10(15)6-14-8-5-7(12)3-4-9(8)17-11(14)16/h3-5H,6,12H2,1-2H3. The van der Waals surface area contributed by atoms with E-state index in [0.29, 0.717) is 16.8 Å². The molecule has 0 aliphatic carbocycles. The van der Waals surface area contributed by atoms with Gasteiger partial charge < -0.3 is 15.1 Å².